The summed E-state index contributed by atoms with van der Waals surface area (Å²) in [6.07, 6.45) is 0.250. The van der Waals surface area contributed by atoms with Gasteiger partial charge in [-0.2, -0.15) is 0 Å². The molecule has 0 aliphatic heterocycles. The Morgan fingerprint density at radius 1 is 1.75 bits per heavy atom. The van der Waals surface area contributed by atoms with E-state index in [9.17, 15) is 4.39 Å². The number of hydrogen-bond donors (Lipinski definition) is 0. The first-order valence-electron chi connectivity index (χ1n) is 0.626. The van der Waals surface area contributed by atoms with Crippen LogP contribution in [0.5, 0.6) is 0 Å². The molecule has 0 aromatic rings. The molecule has 0 N–H and O–H groups in total. The molecule has 2 heteroatoms. The van der Waals surface area contributed by atoms with E-state index in [1.165, 1.54) is 0 Å². The maximum Gasteiger partial charge on any atom is 0.0795 e. The van der Waals surface area contributed by atoms with Gasteiger partial charge in [-0.25, -0.2) is 4.39 Å². The van der Waals surface area contributed by atoms with Gasteiger partial charge in [0.05, 0.1) is 6.33 Å². The summed E-state index contributed by atoms with van der Waals surface area (Å²) in [5, 5.41) is 0. The fraction of sp³-hybridized carbons (Fsp3) is 0. The van der Waals surface area contributed by atoms with Gasteiger partial charge in [0.25, 0.3) is 0 Å². The van der Waals surface area contributed by atoms with Gasteiger partial charge in [0, 0.05) is 29.6 Å². The third-order valence-corrected chi connectivity index (χ3v) is 0. The first-order chi connectivity index (χ1) is 1.41. The van der Waals surface area contributed by atoms with Crippen LogP contribution in [0.1, 0.15) is 0 Å². The molecule has 19 valence electrons. The Morgan fingerprint density at radius 3 is 1.75 bits per heavy atom. The van der Waals surface area contributed by atoms with Crippen molar-refractivity contribution < 1.29 is 4.39 Å². The molecule has 0 bridgehead atoms. The molecular weight excluding hydrogens is 66.0 g/mol. The molecule has 0 rings (SSSR count). The molecule has 0 atom stereocenters. The molecule has 0 amide bonds. The second kappa shape index (κ2) is 9.38. The van der Waals surface area contributed by atoms with Crippen LogP contribution in [-0.4, -0.2) is 29.6 Å². The average molecular weight is 69.0 g/mol. The summed E-state index contributed by atoms with van der Waals surface area (Å²) in [6, 6.07) is 0. The predicted molar refractivity (Wildman–Crippen MR) is 17.1 cm³/mol. The summed E-state index contributed by atoms with van der Waals surface area (Å²) in [6.45, 7) is 2.69. The molecule has 0 aliphatic carbocycles. The van der Waals surface area contributed by atoms with Crippen LogP contribution in [0.3, 0.4) is 0 Å². The van der Waals surface area contributed by atoms with Gasteiger partial charge in [0.1, 0.15) is 0 Å². The van der Waals surface area contributed by atoms with Crippen LogP contribution in [0.2, 0.25) is 0 Å². The Labute approximate surface area is 47.0 Å². The Kier molecular flexibility index (Phi) is 20.7. The van der Waals surface area contributed by atoms with Crippen LogP contribution in [-0.2, 0) is 0 Å². The van der Waals surface area contributed by atoms with Gasteiger partial charge < -0.3 is 0 Å². The maximum atomic E-state index is 10.1. The van der Waals surface area contributed by atoms with Crippen LogP contribution < -0.4 is 0 Å². The first-order valence-corrected chi connectivity index (χ1v) is 0.626. The normalized spacial score (nSPS) is 3.25. The molecule has 4 heavy (non-hydrogen) atoms. The number of rotatable bonds is 0. The average Bonchev–Trinajstić information content (AvgIpc) is 0.918. The minimum atomic E-state index is 0. The van der Waals surface area contributed by atoms with Gasteiger partial charge in [0.15, 0.2) is 0 Å². The molecule has 0 unspecified atom stereocenters. The zero-order valence-corrected chi connectivity index (χ0v) is 4.66. The van der Waals surface area contributed by atoms with Gasteiger partial charge in [-0.1, -0.05) is 6.58 Å². The molecular formula is C2H3FNa. The summed E-state index contributed by atoms with van der Waals surface area (Å²) in [5.74, 6) is 0. The molecule has 0 heterocycles. The largest absolute Gasteiger partial charge is 0.216 e. The smallest absolute Gasteiger partial charge is 0.0795 e. The van der Waals surface area contributed by atoms with Crippen molar-refractivity contribution in [3.05, 3.63) is 12.9 Å². The standard InChI is InChI=1S/C2H3F.Na/c1-2-3;/h2H,1H2;. The van der Waals surface area contributed by atoms with E-state index in [0.29, 0.717) is 0 Å². The number of halogens is 1. The molecule has 1 radical (unpaired) electrons. The van der Waals surface area contributed by atoms with Gasteiger partial charge in [-0.05, 0) is 0 Å². The Balaban J connectivity index is 0. The fourth-order valence-electron chi connectivity index (χ4n) is 0. The SMILES string of the molecule is C=CF.[Na]. The molecule has 0 aromatic carbocycles. The minimum absolute atomic E-state index is 0. The van der Waals surface area contributed by atoms with Crippen molar-refractivity contribution in [2.45, 2.75) is 0 Å². The van der Waals surface area contributed by atoms with E-state index in [4.69, 9.17) is 0 Å². The van der Waals surface area contributed by atoms with Crippen molar-refractivity contribution in [3.63, 3.8) is 0 Å². The van der Waals surface area contributed by atoms with Gasteiger partial charge >= 0.3 is 0 Å². The fourth-order valence-corrected chi connectivity index (χ4v) is 0. The topological polar surface area (TPSA) is 0 Å². The van der Waals surface area contributed by atoms with Gasteiger partial charge in [-0.15, -0.1) is 0 Å². The molecule has 0 fully saturated rings. The van der Waals surface area contributed by atoms with Crippen LogP contribution in [0.4, 0.5) is 4.39 Å². The Bertz CT molecular complexity index is 13.5. The predicted octanol–water partition coefficient (Wildman–Crippen LogP) is 0.719. The second-order valence-corrected chi connectivity index (χ2v) is 0.154. The van der Waals surface area contributed by atoms with Crippen LogP contribution in [0, 0.1) is 0 Å². The van der Waals surface area contributed by atoms with Crippen molar-refractivity contribution in [1.82, 2.24) is 0 Å². The second-order valence-electron chi connectivity index (χ2n) is 0.154. The Morgan fingerprint density at radius 2 is 1.75 bits per heavy atom. The van der Waals surface area contributed by atoms with E-state index in [2.05, 4.69) is 6.58 Å². The molecule has 0 spiro atoms. The molecule has 0 saturated heterocycles. The summed E-state index contributed by atoms with van der Waals surface area (Å²) in [7, 11) is 0. The van der Waals surface area contributed by atoms with Crippen LogP contribution >= 0.6 is 0 Å². The van der Waals surface area contributed by atoms with Crippen LogP contribution in [0.25, 0.3) is 0 Å². The zero-order valence-electron chi connectivity index (χ0n) is 2.66. The summed E-state index contributed by atoms with van der Waals surface area (Å²) >= 11 is 0. The molecule has 0 nitrogen and oxygen atoms in total. The maximum absolute atomic E-state index is 10.1. The monoisotopic (exact) mass is 69.0 g/mol. The number of hydrogen-bond acceptors (Lipinski definition) is 0. The van der Waals surface area contributed by atoms with Gasteiger partial charge in [0.2, 0.25) is 0 Å². The van der Waals surface area contributed by atoms with E-state index in [1.54, 1.807) is 0 Å². The van der Waals surface area contributed by atoms with Crippen molar-refractivity contribution in [2.24, 2.45) is 0 Å². The van der Waals surface area contributed by atoms with E-state index in [0.717, 1.165) is 0 Å². The quantitative estimate of drug-likeness (QED) is 0.367. The van der Waals surface area contributed by atoms with Crippen LogP contribution in [0.15, 0.2) is 12.9 Å². The van der Waals surface area contributed by atoms with Crippen molar-refractivity contribution in [2.75, 3.05) is 0 Å². The van der Waals surface area contributed by atoms with Crippen molar-refractivity contribution in [3.8, 4) is 0 Å². The molecule has 0 aliphatic rings. The van der Waals surface area contributed by atoms with E-state index >= 15 is 0 Å². The van der Waals surface area contributed by atoms with Gasteiger partial charge in [-0.3, -0.25) is 0 Å². The third kappa shape index (κ3) is 16.6. The molecule has 0 aromatic heterocycles. The molecule has 0 saturated carbocycles. The van der Waals surface area contributed by atoms with E-state index in [1.807, 2.05) is 0 Å². The van der Waals surface area contributed by atoms with E-state index in [-0.39, 0.29) is 35.9 Å². The zero-order chi connectivity index (χ0) is 2.71. The Hall–Kier alpha value is 0.670. The van der Waals surface area contributed by atoms with E-state index < -0.39 is 0 Å². The summed E-state index contributed by atoms with van der Waals surface area (Å²) < 4.78 is 10.1. The third-order valence-electron chi connectivity index (χ3n) is 0. The van der Waals surface area contributed by atoms with Crippen molar-refractivity contribution >= 4 is 29.6 Å². The minimum Gasteiger partial charge on any atom is -0.216 e. The first kappa shape index (κ1) is 8.82. The van der Waals surface area contributed by atoms with Crippen molar-refractivity contribution in [1.29, 1.82) is 0 Å². The summed E-state index contributed by atoms with van der Waals surface area (Å²) in [4.78, 5) is 0. The summed E-state index contributed by atoms with van der Waals surface area (Å²) in [5.41, 5.74) is 0.